The molecule has 0 saturated heterocycles. The molecular formula is C13H35N. The van der Waals surface area contributed by atoms with Crippen molar-refractivity contribution in [2.75, 3.05) is 14.1 Å². The molecule has 0 aliphatic rings. The van der Waals surface area contributed by atoms with Crippen molar-refractivity contribution in [3.8, 4) is 0 Å². The van der Waals surface area contributed by atoms with Crippen LogP contribution in [0.2, 0.25) is 0 Å². The van der Waals surface area contributed by atoms with Crippen molar-refractivity contribution < 1.29 is 0 Å². The highest BCUT2D eigenvalue weighted by molar-refractivity contribution is 4.46. The molecule has 0 saturated carbocycles. The fourth-order valence-corrected chi connectivity index (χ4v) is 0. The monoisotopic (exact) mass is 205 g/mol. The summed E-state index contributed by atoms with van der Waals surface area (Å²) < 4.78 is 0. The third-order valence-electron chi connectivity index (χ3n) is 1.03. The summed E-state index contributed by atoms with van der Waals surface area (Å²) in [6.45, 7) is 18.8. The number of hydrogen-bond acceptors (Lipinski definition) is 1. The maximum Gasteiger partial charge on any atom is 0.00324 e. The van der Waals surface area contributed by atoms with E-state index in [-0.39, 0.29) is 0 Å². The Labute approximate surface area is 93.9 Å². The van der Waals surface area contributed by atoms with Gasteiger partial charge in [0.05, 0.1) is 0 Å². The second kappa shape index (κ2) is 23.1. The highest BCUT2D eigenvalue weighted by Crippen LogP contribution is 1.84. The average molecular weight is 205 g/mol. The van der Waals surface area contributed by atoms with Crippen molar-refractivity contribution in [2.24, 2.45) is 5.92 Å². The van der Waals surface area contributed by atoms with Gasteiger partial charge in [-0.1, -0.05) is 48.5 Å². The Morgan fingerprint density at radius 2 is 0.714 bits per heavy atom. The third kappa shape index (κ3) is 91.6. The van der Waals surface area contributed by atoms with E-state index in [1.54, 1.807) is 0 Å². The van der Waals surface area contributed by atoms with Crippen molar-refractivity contribution in [1.29, 1.82) is 0 Å². The Morgan fingerprint density at radius 3 is 0.714 bits per heavy atom. The minimum Gasteiger partial charge on any atom is -0.307 e. The lowest BCUT2D eigenvalue weighted by Crippen LogP contribution is -2.20. The molecule has 0 N–H and O–H groups in total. The molecule has 0 bridgehead atoms. The fraction of sp³-hybridized carbons (Fsp3) is 1.00. The first-order chi connectivity index (χ1) is 6.37. The molecule has 14 heavy (non-hydrogen) atoms. The molecule has 0 spiro atoms. The van der Waals surface area contributed by atoms with Crippen LogP contribution in [-0.4, -0.2) is 25.0 Å². The Kier molecular flexibility index (Phi) is 39.0. The van der Waals surface area contributed by atoms with Crippen LogP contribution >= 0.6 is 0 Å². The molecule has 0 aliphatic carbocycles. The van der Waals surface area contributed by atoms with Crippen LogP contribution in [0.15, 0.2) is 0 Å². The van der Waals surface area contributed by atoms with E-state index in [1.165, 1.54) is 0 Å². The van der Waals surface area contributed by atoms with E-state index in [1.807, 2.05) is 27.7 Å². The van der Waals surface area contributed by atoms with Gasteiger partial charge in [0.1, 0.15) is 0 Å². The van der Waals surface area contributed by atoms with E-state index in [4.69, 9.17) is 0 Å². The summed E-state index contributed by atoms with van der Waals surface area (Å²) in [5.41, 5.74) is 0. The van der Waals surface area contributed by atoms with E-state index in [0.29, 0.717) is 6.04 Å². The van der Waals surface area contributed by atoms with Crippen molar-refractivity contribution in [2.45, 2.75) is 68.4 Å². The standard InChI is InChI=1S/C5H13N.C4H10.2C2H6/c1-5(2)6(3)4;1-4(2)3;2*1-2/h5H,1-4H3;4H,1-3H3;2*1-2H3. The van der Waals surface area contributed by atoms with Gasteiger partial charge in [-0.05, 0) is 33.9 Å². The van der Waals surface area contributed by atoms with Crippen LogP contribution in [0, 0.1) is 5.92 Å². The largest absolute Gasteiger partial charge is 0.307 e. The van der Waals surface area contributed by atoms with E-state index < -0.39 is 0 Å². The molecule has 0 atom stereocenters. The SMILES string of the molecule is CC.CC.CC(C)C.CC(C)N(C)C. The van der Waals surface area contributed by atoms with Crippen molar-refractivity contribution in [3.63, 3.8) is 0 Å². The second-order valence-corrected chi connectivity index (χ2v) is 3.79. The summed E-state index contributed by atoms with van der Waals surface area (Å²) in [4.78, 5) is 2.17. The van der Waals surface area contributed by atoms with Crippen LogP contribution in [0.1, 0.15) is 62.3 Å². The Bertz CT molecular complexity index is 47.5. The summed E-state index contributed by atoms with van der Waals surface area (Å²) in [6, 6.07) is 0.685. The molecule has 0 aromatic heterocycles. The summed E-state index contributed by atoms with van der Waals surface area (Å²) in [7, 11) is 4.15. The molecule has 1 nitrogen and oxygen atoms in total. The molecule has 0 aromatic carbocycles. The van der Waals surface area contributed by atoms with Crippen molar-refractivity contribution in [3.05, 3.63) is 0 Å². The number of nitrogens with zero attached hydrogens (tertiary/aromatic N) is 1. The summed E-state index contributed by atoms with van der Waals surface area (Å²) in [6.07, 6.45) is 0. The lowest BCUT2D eigenvalue weighted by molar-refractivity contribution is 0.335. The maximum atomic E-state index is 2.17. The first-order valence-electron chi connectivity index (χ1n) is 6.04. The molecular weight excluding hydrogens is 170 g/mol. The van der Waals surface area contributed by atoms with Gasteiger partial charge in [-0.2, -0.15) is 0 Å². The summed E-state index contributed by atoms with van der Waals surface area (Å²) >= 11 is 0. The minimum atomic E-state index is 0.685. The Morgan fingerprint density at radius 1 is 0.643 bits per heavy atom. The molecule has 0 aliphatic heterocycles. The topological polar surface area (TPSA) is 3.24 Å². The van der Waals surface area contributed by atoms with Gasteiger partial charge in [0.15, 0.2) is 0 Å². The van der Waals surface area contributed by atoms with Gasteiger partial charge < -0.3 is 4.90 Å². The predicted molar refractivity (Wildman–Crippen MR) is 72.0 cm³/mol. The van der Waals surface area contributed by atoms with Crippen molar-refractivity contribution in [1.82, 2.24) is 4.90 Å². The zero-order chi connectivity index (χ0) is 12.7. The molecule has 0 amide bonds. The van der Waals surface area contributed by atoms with Gasteiger partial charge in [-0.15, -0.1) is 0 Å². The van der Waals surface area contributed by atoms with E-state index >= 15 is 0 Å². The highest BCUT2D eigenvalue weighted by atomic mass is 15.1. The van der Waals surface area contributed by atoms with Gasteiger partial charge in [0, 0.05) is 6.04 Å². The first-order valence-corrected chi connectivity index (χ1v) is 6.04. The predicted octanol–water partition coefficient (Wildman–Crippen LogP) is 4.67. The molecule has 0 fully saturated rings. The lowest BCUT2D eigenvalue weighted by Gasteiger charge is -2.12. The van der Waals surface area contributed by atoms with Gasteiger partial charge in [0.25, 0.3) is 0 Å². The van der Waals surface area contributed by atoms with Gasteiger partial charge in [-0.3, -0.25) is 0 Å². The average Bonchev–Trinajstić information content (AvgIpc) is 2.10. The molecule has 0 unspecified atom stereocenters. The Hall–Kier alpha value is -0.0400. The number of rotatable bonds is 1. The van der Waals surface area contributed by atoms with E-state index in [9.17, 15) is 0 Å². The zero-order valence-corrected chi connectivity index (χ0v) is 12.6. The van der Waals surface area contributed by atoms with E-state index in [0.717, 1.165) is 5.92 Å². The number of hydrogen-bond donors (Lipinski definition) is 0. The highest BCUT2D eigenvalue weighted by Gasteiger charge is 1.90. The van der Waals surface area contributed by atoms with Crippen LogP contribution in [-0.2, 0) is 0 Å². The fourth-order valence-electron chi connectivity index (χ4n) is 0. The first kappa shape index (κ1) is 23.6. The lowest BCUT2D eigenvalue weighted by atomic mass is 10.3. The smallest absolute Gasteiger partial charge is 0.00324 e. The van der Waals surface area contributed by atoms with Crippen LogP contribution in [0.4, 0.5) is 0 Å². The molecule has 0 aromatic rings. The molecule has 92 valence electrons. The van der Waals surface area contributed by atoms with Gasteiger partial charge >= 0.3 is 0 Å². The van der Waals surface area contributed by atoms with E-state index in [2.05, 4.69) is 53.6 Å². The summed E-state index contributed by atoms with van der Waals surface area (Å²) in [5.74, 6) is 0.833. The van der Waals surface area contributed by atoms with Crippen LogP contribution in [0.3, 0.4) is 0 Å². The molecule has 0 radical (unpaired) electrons. The van der Waals surface area contributed by atoms with Gasteiger partial charge in [-0.25, -0.2) is 0 Å². The molecule has 0 rings (SSSR count). The second-order valence-electron chi connectivity index (χ2n) is 3.79. The van der Waals surface area contributed by atoms with Crippen LogP contribution in [0.25, 0.3) is 0 Å². The quantitative estimate of drug-likeness (QED) is 0.601. The van der Waals surface area contributed by atoms with Gasteiger partial charge in [0.2, 0.25) is 0 Å². The van der Waals surface area contributed by atoms with Crippen molar-refractivity contribution >= 4 is 0 Å². The maximum absolute atomic E-state index is 2.17. The molecule has 0 heterocycles. The van der Waals surface area contributed by atoms with Crippen LogP contribution < -0.4 is 0 Å². The van der Waals surface area contributed by atoms with Crippen LogP contribution in [0.5, 0.6) is 0 Å². The summed E-state index contributed by atoms with van der Waals surface area (Å²) in [5, 5.41) is 0. The Balaban J connectivity index is -0.0000000546. The normalized spacial score (nSPS) is 8.14. The third-order valence-corrected chi connectivity index (χ3v) is 1.03. The zero-order valence-electron chi connectivity index (χ0n) is 12.6. The molecule has 1 heteroatoms. The minimum absolute atomic E-state index is 0.685.